The third-order valence-electron chi connectivity index (χ3n) is 6.26. The fourth-order valence-electron chi connectivity index (χ4n) is 4.63. The first-order valence-corrected chi connectivity index (χ1v) is 11.1. The van der Waals surface area contributed by atoms with Crippen molar-refractivity contribution in [2.45, 2.75) is 18.4 Å². The fraction of sp³-hybridized carbons (Fsp3) is 0.143. The standard InChI is InChI=1S/C28H23NO5/c30-20-12-11-18-13-17(9-10-19(18)15-20)14-26(27(31)32)29-28(33)34-16-25-23-7-3-1-5-21(23)22-6-2-4-8-24(22)25/h1-13,15,25-26,30H,14,16H2,(H,29,33)(H,31,32). The van der Waals surface area contributed by atoms with Crippen LogP contribution in [0, 0.1) is 0 Å². The lowest BCUT2D eigenvalue weighted by Gasteiger charge is -2.18. The van der Waals surface area contributed by atoms with Crippen LogP contribution in [0.2, 0.25) is 0 Å². The van der Waals surface area contributed by atoms with Gasteiger partial charge in [0.25, 0.3) is 0 Å². The molecule has 34 heavy (non-hydrogen) atoms. The van der Waals surface area contributed by atoms with E-state index in [-0.39, 0.29) is 24.7 Å². The van der Waals surface area contributed by atoms with E-state index in [4.69, 9.17) is 4.74 Å². The summed E-state index contributed by atoms with van der Waals surface area (Å²) in [5, 5.41) is 23.5. The first-order valence-electron chi connectivity index (χ1n) is 11.1. The van der Waals surface area contributed by atoms with E-state index in [0.717, 1.165) is 38.6 Å². The molecule has 4 aromatic carbocycles. The molecule has 0 heterocycles. The Balaban J connectivity index is 1.27. The molecule has 4 aromatic rings. The first kappa shape index (κ1) is 21.5. The van der Waals surface area contributed by atoms with Crippen LogP contribution in [-0.4, -0.2) is 34.9 Å². The van der Waals surface area contributed by atoms with Gasteiger partial charge in [-0.2, -0.15) is 0 Å². The highest BCUT2D eigenvalue weighted by Gasteiger charge is 2.29. The highest BCUT2D eigenvalue weighted by molar-refractivity contribution is 5.85. The topological polar surface area (TPSA) is 95.9 Å². The van der Waals surface area contributed by atoms with Gasteiger partial charge in [-0.05, 0) is 50.7 Å². The molecule has 5 rings (SSSR count). The first-order chi connectivity index (χ1) is 16.5. The van der Waals surface area contributed by atoms with E-state index in [1.165, 1.54) is 0 Å². The predicted molar refractivity (Wildman–Crippen MR) is 129 cm³/mol. The zero-order chi connectivity index (χ0) is 23.7. The fourth-order valence-corrected chi connectivity index (χ4v) is 4.63. The van der Waals surface area contributed by atoms with Gasteiger partial charge in [0.1, 0.15) is 18.4 Å². The molecule has 0 saturated carbocycles. The molecule has 1 atom stereocenters. The van der Waals surface area contributed by atoms with Gasteiger partial charge in [0, 0.05) is 12.3 Å². The number of alkyl carbamates (subject to hydrolysis) is 1. The van der Waals surface area contributed by atoms with Crippen molar-refractivity contribution in [1.82, 2.24) is 5.32 Å². The van der Waals surface area contributed by atoms with E-state index < -0.39 is 18.1 Å². The number of benzene rings is 4. The molecular weight excluding hydrogens is 430 g/mol. The van der Waals surface area contributed by atoms with Crippen LogP contribution < -0.4 is 5.32 Å². The minimum absolute atomic E-state index is 0.0988. The highest BCUT2D eigenvalue weighted by atomic mass is 16.5. The zero-order valence-electron chi connectivity index (χ0n) is 18.3. The van der Waals surface area contributed by atoms with E-state index in [1.807, 2.05) is 48.5 Å². The lowest BCUT2D eigenvalue weighted by Crippen LogP contribution is -2.42. The molecule has 1 aliphatic carbocycles. The van der Waals surface area contributed by atoms with Crippen molar-refractivity contribution >= 4 is 22.8 Å². The van der Waals surface area contributed by atoms with E-state index in [9.17, 15) is 19.8 Å². The average Bonchev–Trinajstić information content (AvgIpc) is 3.16. The normalized spacial score (nSPS) is 13.2. The molecule has 1 aliphatic rings. The Hall–Kier alpha value is -4.32. The molecule has 0 spiro atoms. The molecule has 0 saturated heterocycles. The monoisotopic (exact) mass is 453 g/mol. The van der Waals surface area contributed by atoms with Crippen molar-refractivity contribution in [3.8, 4) is 16.9 Å². The molecule has 0 fully saturated rings. The van der Waals surface area contributed by atoms with Crippen LogP contribution in [0.1, 0.15) is 22.6 Å². The van der Waals surface area contributed by atoms with Crippen LogP contribution in [-0.2, 0) is 16.0 Å². The number of hydrogen-bond acceptors (Lipinski definition) is 4. The summed E-state index contributed by atoms with van der Waals surface area (Å²) in [6.45, 7) is 0.117. The number of ether oxygens (including phenoxy) is 1. The van der Waals surface area contributed by atoms with Gasteiger partial charge in [0.2, 0.25) is 0 Å². The highest BCUT2D eigenvalue weighted by Crippen LogP contribution is 2.44. The number of rotatable bonds is 6. The van der Waals surface area contributed by atoms with E-state index in [1.54, 1.807) is 24.3 Å². The van der Waals surface area contributed by atoms with Gasteiger partial charge in [-0.3, -0.25) is 0 Å². The summed E-state index contributed by atoms with van der Waals surface area (Å²) < 4.78 is 5.50. The zero-order valence-corrected chi connectivity index (χ0v) is 18.3. The average molecular weight is 453 g/mol. The van der Waals surface area contributed by atoms with E-state index >= 15 is 0 Å². The third-order valence-corrected chi connectivity index (χ3v) is 6.26. The predicted octanol–water partition coefficient (Wildman–Crippen LogP) is 5.08. The summed E-state index contributed by atoms with van der Waals surface area (Å²) in [6.07, 6.45) is -0.656. The maximum Gasteiger partial charge on any atom is 0.407 e. The van der Waals surface area contributed by atoms with Crippen LogP contribution >= 0.6 is 0 Å². The smallest absolute Gasteiger partial charge is 0.407 e. The molecule has 6 nitrogen and oxygen atoms in total. The van der Waals surface area contributed by atoms with Gasteiger partial charge in [0.05, 0.1) is 0 Å². The molecule has 1 amide bonds. The Morgan fingerprint density at radius 2 is 1.47 bits per heavy atom. The number of hydrogen-bond donors (Lipinski definition) is 3. The minimum Gasteiger partial charge on any atom is -0.508 e. The number of carboxylic acids is 1. The van der Waals surface area contributed by atoms with Crippen molar-refractivity contribution in [1.29, 1.82) is 0 Å². The number of nitrogens with one attached hydrogen (secondary N) is 1. The third kappa shape index (κ3) is 4.18. The number of phenols is 1. The van der Waals surface area contributed by atoms with Crippen LogP contribution in [0.25, 0.3) is 21.9 Å². The number of carbonyl (C=O) groups is 2. The Labute approximate surface area is 196 Å². The van der Waals surface area contributed by atoms with Crippen LogP contribution in [0.5, 0.6) is 5.75 Å². The van der Waals surface area contributed by atoms with Gasteiger partial charge in [-0.15, -0.1) is 0 Å². The maximum absolute atomic E-state index is 12.6. The van der Waals surface area contributed by atoms with Gasteiger partial charge in [-0.25, -0.2) is 9.59 Å². The Morgan fingerprint density at radius 3 is 2.15 bits per heavy atom. The second-order valence-corrected chi connectivity index (χ2v) is 8.43. The van der Waals surface area contributed by atoms with Gasteiger partial charge < -0.3 is 20.3 Å². The van der Waals surface area contributed by atoms with Gasteiger partial charge >= 0.3 is 12.1 Å². The summed E-state index contributed by atoms with van der Waals surface area (Å²) in [6, 6.07) is 25.4. The molecule has 0 bridgehead atoms. The Bertz CT molecular complexity index is 1350. The number of fused-ring (bicyclic) bond motifs is 4. The van der Waals surface area contributed by atoms with Crippen LogP contribution in [0.15, 0.2) is 84.9 Å². The number of carboxylic acid groups (broad SMARTS) is 1. The van der Waals surface area contributed by atoms with Gasteiger partial charge in [0.15, 0.2) is 0 Å². The van der Waals surface area contributed by atoms with E-state index in [0.29, 0.717) is 0 Å². The Morgan fingerprint density at radius 1 is 0.853 bits per heavy atom. The molecule has 1 unspecified atom stereocenters. The summed E-state index contributed by atoms with van der Waals surface area (Å²) >= 11 is 0. The second kappa shape index (κ2) is 8.90. The molecular formula is C28H23NO5. The minimum atomic E-state index is -1.14. The maximum atomic E-state index is 12.6. The molecule has 0 radical (unpaired) electrons. The molecule has 0 aromatic heterocycles. The lowest BCUT2D eigenvalue weighted by molar-refractivity contribution is -0.139. The van der Waals surface area contributed by atoms with Crippen molar-refractivity contribution in [2.75, 3.05) is 6.61 Å². The summed E-state index contributed by atoms with van der Waals surface area (Å²) in [7, 11) is 0. The molecule has 6 heteroatoms. The number of amides is 1. The lowest BCUT2D eigenvalue weighted by atomic mass is 9.98. The van der Waals surface area contributed by atoms with Gasteiger partial charge in [-0.1, -0.05) is 72.8 Å². The number of phenolic OH excluding ortho intramolecular Hbond substituents is 1. The molecule has 170 valence electrons. The quantitative estimate of drug-likeness (QED) is 0.378. The number of carbonyl (C=O) groups excluding carboxylic acids is 1. The largest absolute Gasteiger partial charge is 0.508 e. The molecule has 3 N–H and O–H groups in total. The number of aliphatic carboxylic acids is 1. The summed E-state index contributed by atoms with van der Waals surface area (Å²) in [4.78, 5) is 24.4. The summed E-state index contributed by atoms with van der Waals surface area (Å²) in [5.41, 5.74) is 5.19. The second-order valence-electron chi connectivity index (χ2n) is 8.43. The Kier molecular flexibility index (Phi) is 5.64. The van der Waals surface area contributed by atoms with Crippen LogP contribution in [0.4, 0.5) is 4.79 Å². The molecule has 0 aliphatic heterocycles. The van der Waals surface area contributed by atoms with Crippen molar-refractivity contribution < 1.29 is 24.5 Å². The number of aromatic hydroxyl groups is 1. The van der Waals surface area contributed by atoms with Crippen molar-refractivity contribution in [3.05, 3.63) is 102 Å². The van der Waals surface area contributed by atoms with E-state index in [2.05, 4.69) is 17.4 Å². The van der Waals surface area contributed by atoms with Crippen LogP contribution in [0.3, 0.4) is 0 Å². The van der Waals surface area contributed by atoms with Crippen molar-refractivity contribution in [3.63, 3.8) is 0 Å². The SMILES string of the molecule is O=C(NC(Cc1ccc2cc(O)ccc2c1)C(=O)O)OCC1c2ccccc2-c2ccccc21. The summed E-state index contributed by atoms with van der Waals surface area (Å²) in [5.74, 6) is -1.07. The van der Waals surface area contributed by atoms with Crippen molar-refractivity contribution in [2.24, 2.45) is 0 Å².